The molecule has 0 aliphatic rings. The van der Waals surface area contributed by atoms with Gasteiger partial charge >= 0.3 is 5.97 Å². The van der Waals surface area contributed by atoms with Gasteiger partial charge in [0.05, 0.1) is 7.11 Å². The van der Waals surface area contributed by atoms with Gasteiger partial charge < -0.3 is 9.64 Å². The lowest BCUT2D eigenvalue weighted by Gasteiger charge is -2.11. The van der Waals surface area contributed by atoms with Crippen molar-refractivity contribution in [2.45, 2.75) is 0 Å². The molecule has 0 N–H and O–H groups in total. The Kier molecular flexibility index (Phi) is 7.19. The number of esters is 1. The summed E-state index contributed by atoms with van der Waals surface area (Å²) in [6, 6.07) is 8.28. The Bertz CT molecular complexity index is 366. The molecule has 0 bridgehead atoms. The maximum absolute atomic E-state index is 9.84. The lowest BCUT2D eigenvalue weighted by Crippen LogP contribution is -2.07. The second kappa shape index (κ2) is 8.16. The fourth-order valence-electron chi connectivity index (χ4n) is 0.992. The van der Waals surface area contributed by atoms with E-state index in [4.69, 9.17) is 0 Å². The number of carbonyl (C=O) groups excluding carboxylic acids is 1. The van der Waals surface area contributed by atoms with Crippen LogP contribution < -0.4 is 4.90 Å². The average Bonchev–Trinajstić information content (AvgIpc) is 2.38. The normalized spacial score (nSPS) is 8.41. The molecule has 0 spiro atoms. The summed E-state index contributed by atoms with van der Waals surface area (Å²) in [7, 11) is 5.37. The SMILES string of the molecule is C=CC(=O)OC.C=Cc1ccc(N(C)C)cc1. The van der Waals surface area contributed by atoms with Crippen LogP contribution in [0.15, 0.2) is 43.5 Å². The molecule has 0 atom stereocenters. The van der Waals surface area contributed by atoms with Gasteiger partial charge in [-0.25, -0.2) is 4.79 Å². The van der Waals surface area contributed by atoms with E-state index in [1.165, 1.54) is 12.8 Å². The van der Waals surface area contributed by atoms with Crippen LogP contribution in [0.25, 0.3) is 6.08 Å². The molecule has 1 aromatic carbocycles. The highest BCUT2D eigenvalue weighted by molar-refractivity contribution is 5.80. The first-order valence-electron chi connectivity index (χ1n) is 5.15. The smallest absolute Gasteiger partial charge is 0.329 e. The van der Waals surface area contributed by atoms with E-state index in [1.54, 1.807) is 0 Å². The molecular weight excluding hydrogens is 214 g/mol. The second-order valence-corrected chi connectivity index (χ2v) is 3.42. The van der Waals surface area contributed by atoms with E-state index in [9.17, 15) is 4.79 Å². The molecule has 0 aliphatic carbocycles. The summed E-state index contributed by atoms with van der Waals surface area (Å²) in [5.41, 5.74) is 2.38. The third-order valence-corrected chi connectivity index (χ3v) is 2.01. The Morgan fingerprint density at radius 2 is 1.76 bits per heavy atom. The first-order chi connectivity index (χ1) is 8.04. The zero-order valence-corrected chi connectivity index (χ0v) is 10.6. The molecule has 0 aliphatic heterocycles. The Hall–Kier alpha value is -2.03. The Balaban J connectivity index is 0.000000366. The third kappa shape index (κ3) is 6.20. The maximum Gasteiger partial charge on any atom is 0.329 e. The predicted octanol–water partition coefficient (Wildman–Crippen LogP) is 2.74. The molecule has 0 fully saturated rings. The van der Waals surface area contributed by atoms with Gasteiger partial charge in [0, 0.05) is 25.9 Å². The molecule has 0 saturated heterocycles. The van der Waals surface area contributed by atoms with Crippen LogP contribution in [0, 0.1) is 0 Å². The fraction of sp³-hybridized carbons (Fsp3) is 0.214. The van der Waals surface area contributed by atoms with Gasteiger partial charge in [0.15, 0.2) is 0 Å². The third-order valence-electron chi connectivity index (χ3n) is 2.01. The summed E-state index contributed by atoms with van der Waals surface area (Å²) >= 11 is 0. The van der Waals surface area contributed by atoms with Crippen LogP contribution in [-0.4, -0.2) is 27.2 Å². The van der Waals surface area contributed by atoms with Gasteiger partial charge in [-0.1, -0.05) is 31.4 Å². The lowest BCUT2D eigenvalue weighted by atomic mass is 10.2. The summed E-state index contributed by atoms with van der Waals surface area (Å²) in [6.07, 6.45) is 2.96. The minimum absolute atomic E-state index is 0.394. The average molecular weight is 233 g/mol. The molecule has 1 rings (SSSR count). The molecule has 0 heterocycles. The van der Waals surface area contributed by atoms with E-state index in [2.05, 4.69) is 47.1 Å². The number of methoxy groups -OCH3 is 1. The molecule has 3 heteroatoms. The van der Waals surface area contributed by atoms with Crippen molar-refractivity contribution in [1.82, 2.24) is 0 Å². The standard InChI is InChI=1S/C10H13N.C4H6O2/c1-4-9-5-7-10(8-6-9)11(2)3;1-3-4(5)6-2/h4-8H,1H2,2-3H3;3H,1H2,2H3. The van der Waals surface area contributed by atoms with Crippen molar-refractivity contribution in [2.75, 3.05) is 26.1 Å². The van der Waals surface area contributed by atoms with Crippen LogP contribution in [0.4, 0.5) is 5.69 Å². The van der Waals surface area contributed by atoms with Crippen molar-refractivity contribution in [2.24, 2.45) is 0 Å². The number of carbonyl (C=O) groups is 1. The van der Waals surface area contributed by atoms with Gasteiger partial charge in [0.2, 0.25) is 0 Å². The van der Waals surface area contributed by atoms with Gasteiger partial charge in [0.1, 0.15) is 0 Å². The minimum Gasteiger partial charge on any atom is -0.466 e. The Labute approximate surface area is 103 Å². The summed E-state index contributed by atoms with van der Waals surface area (Å²) in [5, 5.41) is 0. The highest BCUT2D eigenvalue weighted by atomic mass is 16.5. The minimum atomic E-state index is -0.394. The number of rotatable bonds is 3. The van der Waals surface area contributed by atoms with Gasteiger partial charge in [-0.3, -0.25) is 0 Å². The number of hydrogen-bond acceptors (Lipinski definition) is 3. The highest BCUT2D eigenvalue weighted by Crippen LogP contribution is 2.12. The molecule has 0 amide bonds. The van der Waals surface area contributed by atoms with Gasteiger partial charge in [-0.15, -0.1) is 0 Å². The van der Waals surface area contributed by atoms with Crippen molar-refractivity contribution in [3.05, 3.63) is 49.1 Å². The monoisotopic (exact) mass is 233 g/mol. The molecule has 0 aromatic heterocycles. The van der Waals surface area contributed by atoms with Crippen LogP contribution >= 0.6 is 0 Å². The molecular formula is C14H19NO2. The second-order valence-electron chi connectivity index (χ2n) is 3.42. The van der Waals surface area contributed by atoms with Crippen molar-refractivity contribution in [3.63, 3.8) is 0 Å². The topological polar surface area (TPSA) is 29.5 Å². The van der Waals surface area contributed by atoms with Crippen LogP contribution in [0.3, 0.4) is 0 Å². The zero-order valence-electron chi connectivity index (χ0n) is 10.6. The van der Waals surface area contributed by atoms with E-state index in [0.717, 1.165) is 11.6 Å². The summed E-state index contributed by atoms with van der Waals surface area (Å²) < 4.78 is 4.14. The van der Waals surface area contributed by atoms with Gasteiger partial charge in [0.25, 0.3) is 0 Å². The van der Waals surface area contributed by atoms with E-state index >= 15 is 0 Å². The van der Waals surface area contributed by atoms with Crippen molar-refractivity contribution in [1.29, 1.82) is 0 Å². The lowest BCUT2D eigenvalue weighted by molar-refractivity contribution is -0.134. The molecule has 17 heavy (non-hydrogen) atoms. The van der Waals surface area contributed by atoms with E-state index < -0.39 is 5.97 Å². The van der Waals surface area contributed by atoms with Crippen molar-refractivity contribution in [3.8, 4) is 0 Å². The van der Waals surface area contributed by atoms with Crippen LogP contribution in [0.5, 0.6) is 0 Å². The first kappa shape index (κ1) is 15.0. The van der Waals surface area contributed by atoms with Crippen LogP contribution in [-0.2, 0) is 9.53 Å². The zero-order chi connectivity index (χ0) is 13.3. The fourth-order valence-corrected chi connectivity index (χ4v) is 0.992. The molecule has 0 radical (unpaired) electrons. The molecule has 0 unspecified atom stereocenters. The highest BCUT2D eigenvalue weighted by Gasteiger charge is 1.91. The number of nitrogens with zero attached hydrogens (tertiary/aromatic N) is 1. The van der Waals surface area contributed by atoms with Crippen LogP contribution in [0.1, 0.15) is 5.56 Å². The van der Waals surface area contributed by atoms with Gasteiger partial charge in [-0.2, -0.15) is 0 Å². The predicted molar refractivity (Wildman–Crippen MR) is 73.1 cm³/mol. The number of anilines is 1. The summed E-state index contributed by atoms with van der Waals surface area (Å²) in [4.78, 5) is 11.9. The maximum atomic E-state index is 9.84. The summed E-state index contributed by atoms with van der Waals surface area (Å²) in [6.45, 7) is 6.85. The Morgan fingerprint density at radius 1 is 1.24 bits per heavy atom. The number of benzene rings is 1. The van der Waals surface area contributed by atoms with Gasteiger partial charge in [-0.05, 0) is 17.7 Å². The van der Waals surface area contributed by atoms with E-state index in [1.807, 2.05) is 20.2 Å². The van der Waals surface area contributed by atoms with Crippen LogP contribution in [0.2, 0.25) is 0 Å². The van der Waals surface area contributed by atoms with Crippen molar-refractivity contribution >= 4 is 17.7 Å². The van der Waals surface area contributed by atoms with E-state index in [0.29, 0.717) is 0 Å². The number of ether oxygens (including phenoxy) is 1. The van der Waals surface area contributed by atoms with Crippen molar-refractivity contribution < 1.29 is 9.53 Å². The largest absolute Gasteiger partial charge is 0.466 e. The molecule has 92 valence electrons. The molecule has 0 saturated carbocycles. The summed E-state index contributed by atoms with van der Waals surface area (Å²) in [5.74, 6) is -0.394. The molecule has 3 nitrogen and oxygen atoms in total. The number of hydrogen-bond donors (Lipinski definition) is 0. The first-order valence-corrected chi connectivity index (χ1v) is 5.15. The quantitative estimate of drug-likeness (QED) is 0.594. The molecule has 1 aromatic rings. The Morgan fingerprint density at radius 3 is 2.00 bits per heavy atom. The van der Waals surface area contributed by atoms with E-state index in [-0.39, 0.29) is 0 Å².